The molecule has 0 bridgehead atoms. The summed E-state index contributed by atoms with van der Waals surface area (Å²) in [6.07, 6.45) is -1.35. The number of esters is 2. The zero-order valence-corrected chi connectivity index (χ0v) is 26.0. The van der Waals surface area contributed by atoms with Crippen LogP contribution in [0.4, 0.5) is 4.79 Å². The average molecular weight is 619 g/mol. The highest BCUT2D eigenvalue weighted by Crippen LogP contribution is 2.44. The van der Waals surface area contributed by atoms with E-state index in [0.717, 1.165) is 22.3 Å². The number of methoxy groups -OCH3 is 1. The second kappa shape index (κ2) is 14.6. The van der Waals surface area contributed by atoms with Crippen molar-refractivity contribution in [1.29, 1.82) is 0 Å². The van der Waals surface area contributed by atoms with E-state index < -0.39 is 36.1 Å². The first kappa shape index (κ1) is 32.8. The Morgan fingerprint density at radius 3 is 2.13 bits per heavy atom. The molecule has 0 saturated carbocycles. The molecule has 238 valence electrons. The molecule has 0 spiro atoms. The smallest absolute Gasteiger partial charge is 0.407 e. The van der Waals surface area contributed by atoms with E-state index in [2.05, 4.69) is 10.6 Å². The monoisotopic (exact) mass is 618 g/mol. The molecule has 45 heavy (non-hydrogen) atoms. The maximum atomic E-state index is 13.2. The van der Waals surface area contributed by atoms with Crippen LogP contribution in [0, 0.1) is 0 Å². The van der Waals surface area contributed by atoms with Gasteiger partial charge in [0, 0.05) is 24.6 Å². The SMILES string of the molecule is CNC(=O)COc1ccc(COC(=O)[C@H](CC(=O)OC(C)(C)C)NC(=O)OCC2c3ccccc3-c3ccccc32)c(OC)c1. The summed E-state index contributed by atoms with van der Waals surface area (Å²) in [7, 11) is 2.94. The predicted octanol–water partition coefficient (Wildman–Crippen LogP) is 4.50. The summed E-state index contributed by atoms with van der Waals surface area (Å²) in [5, 5.41) is 4.95. The molecular formula is C34H38N2O9. The van der Waals surface area contributed by atoms with Crippen molar-refractivity contribution in [3.8, 4) is 22.6 Å². The number of amides is 2. The first-order valence-electron chi connectivity index (χ1n) is 14.5. The molecule has 0 radical (unpaired) electrons. The zero-order chi connectivity index (χ0) is 32.6. The Balaban J connectivity index is 1.42. The van der Waals surface area contributed by atoms with Gasteiger partial charge in [-0.15, -0.1) is 0 Å². The molecule has 0 aromatic heterocycles. The molecule has 11 heteroatoms. The first-order chi connectivity index (χ1) is 21.5. The van der Waals surface area contributed by atoms with Gasteiger partial charge in [-0.2, -0.15) is 0 Å². The molecule has 1 atom stereocenters. The molecule has 2 N–H and O–H groups in total. The lowest BCUT2D eigenvalue weighted by molar-refractivity contribution is -0.160. The minimum atomic E-state index is -1.38. The number of fused-ring (bicyclic) bond motifs is 3. The lowest BCUT2D eigenvalue weighted by Crippen LogP contribution is -2.44. The van der Waals surface area contributed by atoms with E-state index in [0.29, 0.717) is 17.1 Å². The third-order valence-corrected chi connectivity index (χ3v) is 6.99. The molecule has 1 aliphatic carbocycles. The first-order valence-corrected chi connectivity index (χ1v) is 14.5. The van der Waals surface area contributed by atoms with Gasteiger partial charge in [0.05, 0.1) is 13.5 Å². The maximum Gasteiger partial charge on any atom is 0.407 e. The molecule has 4 rings (SSSR count). The lowest BCUT2D eigenvalue weighted by atomic mass is 9.98. The lowest BCUT2D eigenvalue weighted by Gasteiger charge is -2.22. The standard InChI is InChI=1S/C34H38N2O9/c1-34(2,3)45-31(38)17-28(32(39)43-18-21-14-15-22(16-29(21)41-5)42-20-30(37)35-4)36-33(40)44-19-27-25-12-8-6-10-23(25)24-11-7-9-13-26(24)27/h6-16,27-28H,17-20H2,1-5H3,(H,35,37)(H,36,40)/t28-/m0/s1. The third-order valence-electron chi connectivity index (χ3n) is 6.99. The van der Waals surface area contributed by atoms with Crippen molar-refractivity contribution in [1.82, 2.24) is 10.6 Å². The minimum Gasteiger partial charge on any atom is -0.496 e. The minimum absolute atomic E-state index is 0.0274. The van der Waals surface area contributed by atoms with Crippen molar-refractivity contribution in [2.45, 2.75) is 51.4 Å². The molecule has 3 aromatic rings. The fraction of sp³-hybridized carbons (Fsp3) is 0.353. The van der Waals surface area contributed by atoms with E-state index >= 15 is 0 Å². The Labute approximate surface area is 262 Å². The van der Waals surface area contributed by atoms with Crippen molar-refractivity contribution in [3.05, 3.63) is 83.4 Å². The number of rotatable bonds is 12. The summed E-state index contributed by atoms with van der Waals surface area (Å²) in [4.78, 5) is 50.3. The van der Waals surface area contributed by atoms with Crippen LogP contribution in [0.1, 0.15) is 49.8 Å². The second-order valence-corrected chi connectivity index (χ2v) is 11.4. The van der Waals surface area contributed by atoms with Crippen LogP contribution < -0.4 is 20.1 Å². The number of carbonyl (C=O) groups is 4. The summed E-state index contributed by atoms with van der Waals surface area (Å²) in [6.45, 7) is 4.72. The Bertz CT molecular complexity index is 1500. The van der Waals surface area contributed by atoms with Crippen molar-refractivity contribution in [3.63, 3.8) is 0 Å². The van der Waals surface area contributed by atoms with Gasteiger partial charge in [0.25, 0.3) is 5.91 Å². The van der Waals surface area contributed by atoms with Crippen LogP contribution in [0.15, 0.2) is 66.7 Å². The number of hydrogen-bond donors (Lipinski definition) is 2. The molecule has 0 saturated heterocycles. The van der Waals surface area contributed by atoms with Gasteiger partial charge in [-0.3, -0.25) is 9.59 Å². The van der Waals surface area contributed by atoms with Gasteiger partial charge in [-0.1, -0.05) is 48.5 Å². The van der Waals surface area contributed by atoms with Gasteiger partial charge < -0.3 is 34.3 Å². The van der Waals surface area contributed by atoms with Gasteiger partial charge >= 0.3 is 18.0 Å². The van der Waals surface area contributed by atoms with Crippen LogP contribution in [0.5, 0.6) is 11.5 Å². The van der Waals surface area contributed by atoms with E-state index in [-0.39, 0.29) is 31.6 Å². The second-order valence-electron chi connectivity index (χ2n) is 11.4. The van der Waals surface area contributed by atoms with Crippen molar-refractivity contribution in [2.75, 3.05) is 27.4 Å². The molecule has 3 aromatic carbocycles. The Morgan fingerprint density at radius 2 is 1.53 bits per heavy atom. The van der Waals surface area contributed by atoms with E-state index in [1.54, 1.807) is 39.0 Å². The van der Waals surface area contributed by atoms with Gasteiger partial charge in [-0.25, -0.2) is 9.59 Å². The average Bonchev–Trinajstić information content (AvgIpc) is 3.33. The molecule has 1 aliphatic rings. The van der Waals surface area contributed by atoms with Crippen LogP contribution >= 0.6 is 0 Å². The predicted molar refractivity (Wildman–Crippen MR) is 165 cm³/mol. The van der Waals surface area contributed by atoms with Crippen LogP contribution in [-0.2, 0) is 35.2 Å². The van der Waals surface area contributed by atoms with Crippen LogP contribution in [-0.4, -0.2) is 63.0 Å². The van der Waals surface area contributed by atoms with Gasteiger partial charge in [0.2, 0.25) is 0 Å². The van der Waals surface area contributed by atoms with E-state index in [9.17, 15) is 19.2 Å². The van der Waals surface area contributed by atoms with Gasteiger partial charge in [0.15, 0.2) is 6.61 Å². The van der Waals surface area contributed by atoms with Gasteiger partial charge in [-0.05, 0) is 55.2 Å². The number of benzene rings is 3. The van der Waals surface area contributed by atoms with Crippen LogP contribution in [0.2, 0.25) is 0 Å². The highest BCUT2D eigenvalue weighted by molar-refractivity contribution is 5.86. The van der Waals surface area contributed by atoms with Crippen LogP contribution in [0.3, 0.4) is 0 Å². The highest BCUT2D eigenvalue weighted by atomic mass is 16.6. The summed E-state index contributed by atoms with van der Waals surface area (Å²) < 4.78 is 27.3. The molecular weight excluding hydrogens is 580 g/mol. The fourth-order valence-electron chi connectivity index (χ4n) is 4.93. The molecule has 0 unspecified atom stereocenters. The number of carbonyl (C=O) groups excluding carboxylic acids is 4. The molecule has 11 nitrogen and oxygen atoms in total. The molecule has 2 amide bonds. The van der Waals surface area contributed by atoms with Crippen molar-refractivity contribution < 1.29 is 42.9 Å². The summed E-state index contributed by atoms with van der Waals surface area (Å²) >= 11 is 0. The van der Waals surface area contributed by atoms with E-state index in [4.69, 9.17) is 23.7 Å². The summed E-state index contributed by atoms with van der Waals surface area (Å²) in [5.74, 6) is -1.31. The topological polar surface area (TPSA) is 138 Å². The number of hydrogen-bond acceptors (Lipinski definition) is 9. The van der Waals surface area contributed by atoms with E-state index in [1.165, 1.54) is 14.2 Å². The third kappa shape index (κ3) is 8.75. The normalized spacial score (nSPS) is 12.6. The Hall–Kier alpha value is -5.06. The Kier molecular flexibility index (Phi) is 10.7. The van der Waals surface area contributed by atoms with E-state index in [1.807, 2.05) is 48.5 Å². The summed E-state index contributed by atoms with van der Waals surface area (Å²) in [5.41, 5.74) is 3.93. The number of ether oxygens (including phenoxy) is 5. The molecule has 0 fully saturated rings. The number of alkyl carbamates (subject to hydrolysis) is 1. The largest absolute Gasteiger partial charge is 0.496 e. The Morgan fingerprint density at radius 1 is 0.889 bits per heavy atom. The highest BCUT2D eigenvalue weighted by Gasteiger charge is 2.32. The number of nitrogens with one attached hydrogen (secondary N) is 2. The quantitative estimate of drug-likeness (QED) is 0.222. The van der Waals surface area contributed by atoms with Crippen molar-refractivity contribution >= 4 is 23.9 Å². The molecule has 0 aliphatic heterocycles. The fourth-order valence-corrected chi connectivity index (χ4v) is 4.93. The maximum absolute atomic E-state index is 13.2. The van der Waals surface area contributed by atoms with Crippen molar-refractivity contribution in [2.24, 2.45) is 0 Å². The molecule has 0 heterocycles. The summed E-state index contributed by atoms with van der Waals surface area (Å²) in [6, 6.07) is 19.2. The van der Waals surface area contributed by atoms with Crippen LogP contribution in [0.25, 0.3) is 11.1 Å². The zero-order valence-electron chi connectivity index (χ0n) is 26.0. The number of likely N-dealkylation sites (N-methyl/N-ethyl adjacent to an activating group) is 1. The van der Waals surface area contributed by atoms with Gasteiger partial charge in [0.1, 0.15) is 36.4 Å².